The van der Waals surface area contributed by atoms with Gasteiger partial charge >= 0.3 is 11.9 Å². The van der Waals surface area contributed by atoms with Crippen molar-refractivity contribution in [2.24, 2.45) is 0 Å². The van der Waals surface area contributed by atoms with E-state index in [0.717, 1.165) is 16.7 Å². The Morgan fingerprint density at radius 2 is 1.21 bits per heavy atom. The topological polar surface area (TPSA) is 55.8 Å². The normalized spacial score (nSPS) is 16.9. The van der Waals surface area contributed by atoms with Crippen LogP contribution in [0.15, 0.2) is 108 Å². The molecule has 3 aromatic rings. The van der Waals surface area contributed by atoms with Crippen molar-refractivity contribution in [2.75, 3.05) is 19.8 Å². The monoisotopic (exact) mass is 509 g/mol. The number of rotatable bonds is 8. The Bertz CT molecular complexity index is 1270. The second-order valence-corrected chi connectivity index (χ2v) is 9.15. The molecule has 0 saturated heterocycles. The molecule has 1 heterocycles. The molecule has 0 bridgehead atoms. The van der Waals surface area contributed by atoms with Gasteiger partial charge in [-0.05, 0) is 50.0 Å². The summed E-state index contributed by atoms with van der Waals surface area (Å²) in [6.45, 7) is 8.49. The van der Waals surface area contributed by atoms with Gasteiger partial charge in [-0.15, -0.1) is 0 Å². The molecule has 4 rings (SSSR count). The average molecular weight is 510 g/mol. The number of ether oxygens (including phenoxy) is 2. The van der Waals surface area contributed by atoms with Gasteiger partial charge in [0.1, 0.15) is 5.70 Å². The molecule has 0 spiro atoms. The second-order valence-electron chi connectivity index (χ2n) is 9.15. The zero-order valence-electron chi connectivity index (χ0n) is 22.5. The Morgan fingerprint density at radius 1 is 0.737 bits per heavy atom. The molecule has 1 unspecified atom stereocenters. The molecule has 0 radical (unpaired) electrons. The highest BCUT2D eigenvalue weighted by Gasteiger charge is 2.47. The van der Waals surface area contributed by atoms with Gasteiger partial charge in [0.05, 0.1) is 24.2 Å². The van der Waals surface area contributed by atoms with Crippen LogP contribution in [0.4, 0.5) is 0 Å². The Hall–Kier alpha value is -4.12. The summed E-state index contributed by atoms with van der Waals surface area (Å²) in [5, 5.41) is 0. The van der Waals surface area contributed by atoms with E-state index in [1.807, 2.05) is 78.6 Å². The lowest BCUT2D eigenvalue weighted by molar-refractivity contribution is -0.143. The van der Waals surface area contributed by atoms with Crippen LogP contribution in [0.2, 0.25) is 0 Å². The molecule has 0 saturated carbocycles. The van der Waals surface area contributed by atoms with Crippen molar-refractivity contribution >= 4 is 17.5 Å². The molecule has 0 aromatic heterocycles. The van der Waals surface area contributed by atoms with Gasteiger partial charge in [-0.3, -0.25) is 0 Å². The van der Waals surface area contributed by atoms with Gasteiger partial charge in [0.25, 0.3) is 0 Å². The van der Waals surface area contributed by atoms with Gasteiger partial charge in [-0.2, -0.15) is 0 Å². The molecule has 0 N–H and O–H groups in total. The number of carbonyl (C=O) groups is 2. The van der Waals surface area contributed by atoms with Crippen molar-refractivity contribution in [3.63, 3.8) is 0 Å². The third kappa shape index (κ3) is 4.89. The number of esters is 2. The van der Waals surface area contributed by atoms with Gasteiger partial charge in [-0.25, -0.2) is 9.59 Å². The fourth-order valence-electron chi connectivity index (χ4n) is 5.48. The summed E-state index contributed by atoms with van der Waals surface area (Å²) in [5.41, 5.74) is 3.30. The molecule has 1 atom stereocenters. The highest BCUT2D eigenvalue weighted by Crippen LogP contribution is 2.47. The summed E-state index contributed by atoms with van der Waals surface area (Å²) in [5.74, 6) is -1.09. The third-order valence-electron chi connectivity index (χ3n) is 7.17. The fraction of sp³-hybridized carbons (Fsp3) is 0.273. The number of hydrogen-bond donors (Lipinski definition) is 0. The lowest BCUT2D eigenvalue weighted by atomic mass is 9.68. The van der Waals surface area contributed by atoms with Crippen molar-refractivity contribution < 1.29 is 19.1 Å². The summed E-state index contributed by atoms with van der Waals surface area (Å²) in [6, 6.07) is 30.0. The van der Waals surface area contributed by atoms with Crippen LogP contribution >= 0.6 is 0 Å². The first-order valence-corrected chi connectivity index (χ1v) is 13.2. The number of carbonyl (C=O) groups excluding carboxylic acids is 2. The van der Waals surface area contributed by atoms with Crippen molar-refractivity contribution in [3.8, 4) is 0 Å². The number of benzene rings is 3. The van der Waals surface area contributed by atoms with Crippen LogP contribution < -0.4 is 0 Å². The van der Waals surface area contributed by atoms with Crippen LogP contribution in [0.5, 0.6) is 0 Å². The Kier molecular flexibility index (Phi) is 8.47. The average Bonchev–Trinajstić information content (AvgIpc) is 3.07. The predicted molar refractivity (Wildman–Crippen MR) is 150 cm³/mol. The van der Waals surface area contributed by atoms with E-state index in [1.165, 1.54) is 0 Å². The number of hydrogen-bond acceptors (Lipinski definition) is 5. The van der Waals surface area contributed by atoms with Crippen molar-refractivity contribution in [2.45, 2.75) is 39.2 Å². The molecule has 0 amide bonds. The standard InChI is InChI=1S/C33H35NO4/c1-5-34-24(4)33(26-19-13-9-14-20-26,27-21-15-10-16-22-27)23-28(25-17-11-8-12-18-25)29(31(35)37-6-2)30(34)32(36)38-7-3/h8-24H,5-7H2,1-4H3. The minimum absolute atomic E-state index is 0.185. The lowest BCUT2D eigenvalue weighted by Gasteiger charge is -2.44. The number of nitrogens with zero attached hydrogens (tertiary/aromatic N) is 1. The lowest BCUT2D eigenvalue weighted by Crippen LogP contribution is -2.49. The first-order valence-electron chi connectivity index (χ1n) is 13.2. The largest absolute Gasteiger partial charge is 0.462 e. The van der Waals surface area contributed by atoms with E-state index in [-0.39, 0.29) is 30.5 Å². The molecular formula is C33H35NO4. The van der Waals surface area contributed by atoms with Crippen LogP contribution in [0, 0.1) is 0 Å². The van der Waals surface area contributed by atoms with E-state index in [2.05, 4.69) is 37.3 Å². The number of likely N-dealkylation sites (N-methyl/N-ethyl adjacent to an activating group) is 1. The second kappa shape index (κ2) is 12.0. The molecule has 3 aromatic carbocycles. The van der Waals surface area contributed by atoms with E-state index in [0.29, 0.717) is 12.1 Å². The first kappa shape index (κ1) is 26.9. The highest BCUT2D eigenvalue weighted by molar-refractivity contribution is 6.13. The van der Waals surface area contributed by atoms with Crippen LogP contribution in [-0.4, -0.2) is 42.6 Å². The predicted octanol–water partition coefficient (Wildman–Crippen LogP) is 6.16. The van der Waals surface area contributed by atoms with E-state index in [9.17, 15) is 9.59 Å². The molecule has 38 heavy (non-hydrogen) atoms. The summed E-state index contributed by atoms with van der Waals surface area (Å²) < 4.78 is 11.1. The Balaban J connectivity index is 2.19. The van der Waals surface area contributed by atoms with Gasteiger partial charge < -0.3 is 14.4 Å². The maximum atomic E-state index is 13.8. The molecular weight excluding hydrogens is 474 g/mol. The van der Waals surface area contributed by atoms with E-state index >= 15 is 0 Å². The zero-order valence-corrected chi connectivity index (χ0v) is 22.5. The quantitative estimate of drug-likeness (QED) is 0.341. The third-order valence-corrected chi connectivity index (χ3v) is 7.17. The first-order chi connectivity index (χ1) is 18.5. The molecule has 0 fully saturated rings. The molecule has 1 aliphatic rings. The SMILES string of the molecule is CCOC(=O)C1=C(C(=O)OCC)N(CC)C(C)C(c2ccccc2)(c2ccccc2)C=C1c1ccccc1. The van der Waals surface area contributed by atoms with Crippen molar-refractivity contribution in [3.05, 3.63) is 125 Å². The fourth-order valence-corrected chi connectivity index (χ4v) is 5.48. The summed E-state index contributed by atoms with van der Waals surface area (Å²) in [7, 11) is 0. The Morgan fingerprint density at radius 3 is 1.68 bits per heavy atom. The maximum absolute atomic E-state index is 13.8. The van der Waals surface area contributed by atoms with Crippen LogP contribution in [-0.2, 0) is 24.5 Å². The summed E-state index contributed by atoms with van der Waals surface area (Å²) in [4.78, 5) is 29.4. The van der Waals surface area contributed by atoms with Crippen LogP contribution in [0.3, 0.4) is 0 Å². The summed E-state index contributed by atoms with van der Waals surface area (Å²) >= 11 is 0. The van der Waals surface area contributed by atoms with Crippen molar-refractivity contribution in [1.29, 1.82) is 0 Å². The molecule has 5 nitrogen and oxygen atoms in total. The van der Waals surface area contributed by atoms with Gasteiger partial charge in [0.2, 0.25) is 0 Å². The molecule has 196 valence electrons. The minimum atomic E-state index is -0.713. The van der Waals surface area contributed by atoms with E-state index in [4.69, 9.17) is 9.47 Å². The summed E-state index contributed by atoms with van der Waals surface area (Å²) in [6.07, 6.45) is 2.15. The van der Waals surface area contributed by atoms with Crippen molar-refractivity contribution in [1.82, 2.24) is 4.90 Å². The van der Waals surface area contributed by atoms with E-state index in [1.54, 1.807) is 13.8 Å². The molecule has 0 aliphatic carbocycles. The highest BCUT2D eigenvalue weighted by atomic mass is 16.5. The van der Waals surface area contributed by atoms with Gasteiger partial charge in [0.15, 0.2) is 0 Å². The van der Waals surface area contributed by atoms with E-state index < -0.39 is 17.4 Å². The van der Waals surface area contributed by atoms with Crippen LogP contribution in [0.25, 0.3) is 5.57 Å². The van der Waals surface area contributed by atoms with Crippen LogP contribution in [0.1, 0.15) is 44.4 Å². The van der Waals surface area contributed by atoms with Gasteiger partial charge in [0, 0.05) is 12.6 Å². The minimum Gasteiger partial charge on any atom is -0.462 e. The molecule has 1 aliphatic heterocycles. The molecule has 5 heteroatoms. The smallest absolute Gasteiger partial charge is 0.355 e. The maximum Gasteiger partial charge on any atom is 0.355 e. The Labute approximate surface area is 225 Å². The zero-order chi connectivity index (χ0) is 27.1. The van der Waals surface area contributed by atoms with Gasteiger partial charge in [-0.1, -0.05) is 97.1 Å².